The van der Waals surface area contributed by atoms with Crippen molar-refractivity contribution in [3.63, 3.8) is 0 Å². The van der Waals surface area contributed by atoms with Crippen molar-refractivity contribution in [1.82, 2.24) is 15.1 Å². The van der Waals surface area contributed by atoms with Crippen LogP contribution in [0.4, 0.5) is 4.39 Å². The number of amides is 3. The topological polar surface area (TPSA) is 107 Å². The molecule has 2 N–H and O–H groups in total. The Morgan fingerprint density at radius 2 is 1.65 bits per heavy atom. The van der Waals surface area contributed by atoms with Crippen LogP contribution in [0.3, 0.4) is 0 Å². The smallest absolute Gasteiger partial charge is 0.305 e. The molecule has 2 atom stereocenters. The van der Waals surface area contributed by atoms with Gasteiger partial charge in [0.1, 0.15) is 5.82 Å². The summed E-state index contributed by atoms with van der Waals surface area (Å²) in [5.41, 5.74) is 0.104. The Bertz CT molecular complexity index is 990. The number of nitrogens with zero attached hydrogens (tertiary/aromatic N) is 2. The molecule has 3 fully saturated rings. The van der Waals surface area contributed by atoms with E-state index in [1.54, 1.807) is 0 Å². The van der Waals surface area contributed by atoms with Crippen LogP contribution in [-0.4, -0.2) is 63.9 Å². The lowest BCUT2D eigenvalue weighted by Crippen LogP contribution is -2.57. The summed E-state index contributed by atoms with van der Waals surface area (Å²) in [5.74, 6) is -2.28. The van der Waals surface area contributed by atoms with Crippen LogP contribution in [-0.2, 0) is 14.4 Å². The molecular weight excluding hydrogens is 477 g/mol. The molecule has 1 heterocycles. The SMILES string of the molecule is O=C(O)CC(NC(=O)C1N(C(=O)CCC2CCCC2)CCN1C(=O)c1cccc(F)c1)C1CCCCC1. The van der Waals surface area contributed by atoms with Crippen LogP contribution in [0.25, 0.3) is 0 Å². The van der Waals surface area contributed by atoms with Gasteiger partial charge in [-0.3, -0.25) is 19.2 Å². The van der Waals surface area contributed by atoms with Crippen LogP contribution in [0.2, 0.25) is 0 Å². The van der Waals surface area contributed by atoms with Crippen molar-refractivity contribution in [2.45, 2.75) is 89.3 Å². The molecule has 2 unspecified atom stereocenters. The molecule has 2 aliphatic carbocycles. The van der Waals surface area contributed by atoms with E-state index in [2.05, 4.69) is 5.32 Å². The number of carboxylic acids is 1. The van der Waals surface area contributed by atoms with E-state index in [4.69, 9.17) is 0 Å². The second-order valence-electron chi connectivity index (χ2n) is 10.8. The van der Waals surface area contributed by atoms with Crippen molar-refractivity contribution >= 4 is 23.7 Å². The van der Waals surface area contributed by atoms with Gasteiger partial charge >= 0.3 is 5.97 Å². The van der Waals surface area contributed by atoms with Gasteiger partial charge in [-0.15, -0.1) is 0 Å². The predicted molar refractivity (Wildman–Crippen MR) is 135 cm³/mol. The number of rotatable bonds is 9. The largest absolute Gasteiger partial charge is 0.481 e. The first-order valence-corrected chi connectivity index (χ1v) is 13.7. The maximum atomic E-state index is 13.9. The molecule has 4 rings (SSSR count). The molecule has 1 aromatic carbocycles. The zero-order valence-corrected chi connectivity index (χ0v) is 21.4. The van der Waals surface area contributed by atoms with Crippen molar-refractivity contribution in [1.29, 1.82) is 0 Å². The lowest BCUT2D eigenvalue weighted by atomic mass is 9.82. The summed E-state index contributed by atoms with van der Waals surface area (Å²) >= 11 is 0. The second-order valence-corrected chi connectivity index (χ2v) is 10.8. The highest BCUT2D eigenvalue weighted by atomic mass is 19.1. The first-order chi connectivity index (χ1) is 17.8. The van der Waals surface area contributed by atoms with Gasteiger partial charge in [0, 0.05) is 31.1 Å². The van der Waals surface area contributed by atoms with E-state index in [1.807, 2.05) is 0 Å². The Morgan fingerprint density at radius 3 is 2.32 bits per heavy atom. The second kappa shape index (κ2) is 12.5. The maximum Gasteiger partial charge on any atom is 0.305 e. The van der Waals surface area contributed by atoms with Crippen LogP contribution in [0.15, 0.2) is 24.3 Å². The number of carboxylic acid groups (broad SMARTS) is 1. The molecule has 1 saturated heterocycles. The third kappa shape index (κ3) is 6.87. The van der Waals surface area contributed by atoms with Crippen LogP contribution >= 0.6 is 0 Å². The van der Waals surface area contributed by atoms with Gasteiger partial charge in [-0.1, -0.05) is 51.0 Å². The van der Waals surface area contributed by atoms with Gasteiger partial charge in [-0.25, -0.2) is 4.39 Å². The number of halogens is 1. The number of hydrogen-bond donors (Lipinski definition) is 2. The molecule has 0 bridgehead atoms. The molecule has 2 saturated carbocycles. The fourth-order valence-electron chi connectivity index (χ4n) is 6.26. The van der Waals surface area contributed by atoms with Gasteiger partial charge in [0.15, 0.2) is 6.17 Å². The fraction of sp³-hybridized carbons (Fsp3) is 0.643. The lowest BCUT2D eigenvalue weighted by molar-refractivity contribution is -0.143. The van der Waals surface area contributed by atoms with Crippen molar-refractivity contribution in [3.8, 4) is 0 Å². The highest BCUT2D eigenvalue weighted by molar-refractivity contribution is 5.99. The summed E-state index contributed by atoms with van der Waals surface area (Å²) in [5, 5.41) is 12.4. The number of carbonyl (C=O) groups is 4. The van der Waals surface area contributed by atoms with Crippen molar-refractivity contribution in [2.75, 3.05) is 13.1 Å². The Labute approximate surface area is 217 Å². The van der Waals surface area contributed by atoms with E-state index in [-0.39, 0.29) is 36.9 Å². The van der Waals surface area contributed by atoms with Gasteiger partial charge in [0.05, 0.1) is 6.42 Å². The first kappa shape index (κ1) is 27.1. The quantitative estimate of drug-likeness (QED) is 0.518. The molecule has 0 aromatic heterocycles. The fourth-order valence-corrected chi connectivity index (χ4v) is 6.26. The van der Waals surface area contributed by atoms with E-state index >= 15 is 0 Å². The molecule has 9 heteroatoms. The predicted octanol–water partition coefficient (Wildman–Crippen LogP) is 3.95. The minimum atomic E-state index is -1.19. The summed E-state index contributed by atoms with van der Waals surface area (Å²) < 4.78 is 13.9. The Morgan fingerprint density at radius 1 is 0.973 bits per heavy atom. The van der Waals surface area contributed by atoms with Crippen molar-refractivity contribution in [2.24, 2.45) is 11.8 Å². The average Bonchev–Trinajstić information content (AvgIpc) is 3.57. The monoisotopic (exact) mass is 515 g/mol. The summed E-state index contributed by atoms with van der Waals surface area (Å²) in [7, 11) is 0. The molecule has 202 valence electrons. The van der Waals surface area contributed by atoms with E-state index in [1.165, 1.54) is 40.8 Å². The zero-order valence-electron chi connectivity index (χ0n) is 21.4. The number of benzene rings is 1. The summed E-state index contributed by atoms with van der Waals surface area (Å²) in [6.45, 7) is 0.352. The highest BCUT2D eigenvalue weighted by Crippen LogP contribution is 2.31. The Kier molecular flexibility index (Phi) is 9.16. The average molecular weight is 516 g/mol. The Hall–Kier alpha value is -2.97. The van der Waals surface area contributed by atoms with E-state index in [0.717, 1.165) is 57.4 Å². The molecule has 3 amide bonds. The highest BCUT2D eigenvalue weighted by Gasteiger charge is 2.44. The molecule has 8 nitrogen and oxygen atoms in total. The standard InChI is InChI=1S/C28H38FN3O5/c29-22-12-6-11-21(17-22)28(37)32-16-15-31(24(33)14-13-19-7-4-5-8-19)27(32)26(36)30-23(18-25(34)35)20-9-2-1-3-10-20/h6,11-12,17,19-20,23,27H,1-5,7-10,13-16,18H2,(H,30,36)(H,34,35). The summed E-state index contributed by atoms with van der Waals surface area (Å²) in [6, 6.07) is 4.71. The van der Waals surface area contributed by atoms with Gasteiger partial charge < -0.3 is 20.2 Å². The number of carbonyl (C=O) groups excluding carboxylic acids is 3. The van der Waals surface area contributed by atoms with Crippen LogP contribution < -0.4 is 5.32 Å². The van der Waals surface area contributed by atoms with E-state index in [0.29, 0.717) is 12.3 Å². The van der Waals surface area contributed by atoms with Gasteiger partial charge in [-0.2, -0.15) is 0 Å². The van der Waals surface area contributed by atoms with E-state index < -0.39 is 35.8 Å². The third-order valence-electron chi connectivity index (χ3n) is 8.24. The van der Waals surface area contributed by atoms with Crippen LogP contribution in [0, 0.1) is 17.7 Å². The minimum Gasteiger partial charge on any atom is -0.481 e. The van der Waals surface area contributed by atoms with E-state index in [9.17, 15) is 28.7 Å². The van der Waals surface area contributed by atoms with Crippen LogP contribution in [0.1, 0.15) is 87.4 Å². The minimum absolute atomic E-state index is 0.0362. The molecule has 0 spiro atoms. The van der Waals surface area contributed by atoms with Crippen molar-refractivity contribution < 1.29 is 28.7 Å². The number of nitrogens with one attached hydrogen (secondary N) is 1. The van der Waals surface area contributed by atoms with Gasteiger partial charge in [-0.05, 0) is 49.3 Å². The van der Waals surface area contributed by atoms with Gasteiger partial charge in [0.25, 0.3) is 11.8 Å². The molecule has 1 aromatic rings. The number of hydrogen-bond acceptors (Lipinski definition) is 4. The normalized spacial score (nSPS) is 21.7. The molecule has 3 aliphatic rings. The third-order valence-corrected chi connectivity index (χ3v) is 8.24. The molecular formula is C28H38FN3O5. The van der Waals surface area contributed by atoms with Gasteiger partial charge in [0.2, 0.25) is 5.91 Å². The Balaban J connectivity index is 1.54. The maximum absolute atomic E-state index is 13.9. The van der Waals surface area contributed by atoms with Crippen LogP contribution in [0.5, 0.6) is 0 Å². The molecule has 0 radical (unpaired) electrons. The molecule has 1 aliphatic heterocycles. The molecule has 37 heavy (non-hydrogen) atoms. The zero-order chi connectivity index (χ0) is 26.4. The number of aliphatic carboxylic acids is 1. The first-order valence-electron chi connectivity index (χ1n) is 13.7. The summed E-state index contributed by atoms with van der Waals surface area (Å²) in [6.07, 6.45) is 8.95. The lowest BCUT2D eigenvalue weighted by Gasteiger charge is -2.34. The van der Waals surface area contributed by atoms with Crippen molar-refractivity contribution in [3.05, 3.63) is 35.6 Å². The summed E-state index contributed by atoms with van der Waals surface area (Å²) in [4.78, 5) is 54.7.